The van der Waals surface area contributed by atoms with Crippen LogP contribution in [0.1, 0.15) is 24.8 Å². The summed E-state index contributed by atoms with van der Waals surface area (Å²) in [6.45, 7) is 2.23. The number of benzene rings is 1. The average molecular weight is 377 g/mol. The summed E-state index contributed by atoms with van der Waals surface area (Å²) >= 11 is 5.40. The summed E-state index contributed by atoms with van der Waals surface area (Å²) < 4.78 is 28.9. The van der Waals surface area contributed by atoms with E-state index in [1.54, 1.807) is 19.1 Å². The van der Waals surface area contributed by atoms with Gasteiger partial charge in [-0.2, -0.15) is 8.42 Å². The van der Waals surface area contributed by atoms with Crippen molar-refractivity contribution in [3.63, 3.8) is 0 Å². The molecule has 0 saturated carbocycles. The Morgan fingerprint density at radius 1 is 1.25 bits per heavy atom. The predicted molar refractivity (Wildman–Crippen MR) is 90.0 cm³/mol. The summed E-state index contributed by atoms with van der Waals surface area (Å²) in [5.74, 6) is -1.98. The highest BCUT2D eigenvalue weighted by atomic mass is 35.5. The number of carbonyl (C=O) groups is 2. The van der Waals surface area contributed by atoms with Crippen LogP contribution in [0.5, 0.6) is 0 Å². The molecule has 24 heavy (non-hydrogen) atoms. The Hall–Kier alpha value is -1.64. The molecule has 3 N–H and O–H groups in total. The van der Waals surface area contributed by atoms with Crippen LogP contribution in [0.15, 0.2) is 29.2 Å². The van der Waals surface area contributed by atoms with Crippen LogP contribution in [-0.2, 0) is 23.9 Å². The summed E-state index contributed by atoms with van der Waals surface area (Å²) in [6.07, 6.45) is 1.37. The van der Waals surface area contributed by atoms with E-state index >= 15 is 0 Å². The van der Waals surface area contributed by atoms with Crippen molar-refractivity contribution in [1.29, 1.82) is 0 Å². The van der Waals surface area contributed by atoms with Gasteiger partial charge in [-0.05, 0) is 44.9 Å². The molecule has 0 spiro atoms. The minimum Gasteiger partial charge on any atom is -0.342 e. The van der Waals surface area contributed by atoms with E-state index in [4.69, 9.17) is 17.3 Å². The molecule has 0 aromatic heterocycles. The van der Waals surface area contributed by atoms with E-state index in [1.165, 1.54) is 12.1 Å². The number of nitrogens with two attached hydrogens (primary N) is 1. The molecule has 0 saturated heterocycles. The highest BCUT2D eigenvalue weighted by Crippen LogP contribution is 2.15. The summed E-state index contributed by atoms with van der Waals surface area (Å²) in [5, 5.41) is 2.36. The van der Waals surface area contributed by atoms with Crippen molar-refractivity contribution in [2.75, 3.05) is 12.4 Å². The number of carbonyl (C=O) groups excluding carboxylic acids is 2. The van der Waals surface area contributed by atoms with Crippen molar-refractivity contribution in [1.82, 2.24) is 5.32 Å². The Kier molecular flexibility index (Phi) is 8.17. The largest absolute Gasteiger partial charge is 0.344 e. The lowest BCUT2D eigenvalue weighted by Crippen LogP contribution is -2.43. The van der Waals surface area contributed by atoms with Crippen molar-refractivity contribution < 1.29 is 22.2 Å². The summed E-state index contributed by atoms with van der Waals surface area (Å²) in [4.78, 5) is 23.4. The SMILES string of the molecule is Cc1ccc(S(=O)(=O)OC(=O)C(CCCCN)NC(=O)CCl)cc1. The molecule has 0 aliphatic heterocycles. The fourth-order valence-electron chi connectivity index (χ4n) is 1.89. The maximum absolute atomic E-state index is 12.2. The third-order valence-electron chi connectivity index (χ3n) is 3.19. The maximum Gasteiger partial charge on any atom is 0.344 e. The second kappa shape index (κ2) is 9.61. The van der Waals surface area contributed by atoms with Gasteiger partial charge in [0, 0.05) is 0 Å². The van der Waals surface area contributed by atoms with Crippen molar-refractivity contribution >= 4 is 33.6 Å². The molecule has 134 valence electrons. The second-order valence-corrected chi connectivity index (χ2v) is 7.02. The number of rotatable bonds is 9. The molecule has 0 radical (unpaired) electrons. The minimum absolute atomic E-state index is 0.133. The number of unbranched alkanes of at least 4 members (excludes halogenated alkanes) is 1. The fraction of sp³-hybridized carbons (Fsp3) is 0.467. The Balaban J connectivity index is 2.84. The van der Waals surface area contributed by atoms with Gasteiger partial charge < -0.3 is 15.2 Å². The number of amides is 1. The van der Waals surface area contributed by atoms with Crippen LogP contribution in [0.4, 0.5) is 0 Å². The number of alkyl halides is 1. The molecule has 1 aromatic rings. The summed E-state index contributed by atoms with van der Waals surface area (Å²) in [5.41, 5.74) is 6.26. The van der Waals surface area contributed by atoms with Gasteiger partial charge in [0.05, 0.1) is 0 Å². The molecular formula is C15H21ClN2O5S. The zero-order valence-corrected chi connectivity index (χ0v) is 14.9. The highest BCUT2D eigenvalue weighted by Gasteiger charge is 2.27. The van der Waals surface area contributed by atoms with Crippen LogP contribution in [0.25, 0.3) is 0 Å². The molecule has 0 aliphatic carbocycles. The lowest BCUT2D eigenvalue weighted by molar-refractivity contribution is -0.138. The number of hydrogen-bond donors (Lipinski definition) is 2. The van der Waals surface area contributed by atoms with Crippen LogP contribution >= 0.6 is 11.6 Å². The van der Waals surface area contributed by atoms with E-state index in [-0.39, 0.29) is 17.2 Å². The Morgan fingerprint density at radius 2 is 1.88 bits per heavy atom. The number of aryl methyl sites for hydroxylation is 1. The zero-order chi connectivity index (χ0) is 18.2. The third-order valence-corrected chi connectivity index (χ3v) is 4.67. The first-order valence-corrected chi connectivity index (χ1v) is 9.35. The van der Waals surface area contributed by atoms with Crippen LogP contribution in [0, 0.1) is 6.92 Å². The van der Waals surface area contributed by atoms with Gasteiger partial charge in [-0.3, -0.25) is 4.79 Å². The van der Waals surface area contributed by atoms with E-state index in [2.05, 4.69) is 9.50 Å². The molecule has 1 amide bonds. The lowest BCUT2D eigenvalue weighted by atomic mass is 10.1. The van der Waals surface area contributed by atoms with Crippen LogP contribution in [0.2, 0.25) is 0 Å². The molecule has 0 bridgehead atoms. The van der Waals surface area contributed by atoms with E-state index in [1.807, 2.05) is 0 Å². The van der Waals surface area contributed by atoms with E-state index in [9.17, 15) is 18.0 Å². The molecule has 0 fully saturated rings. The molecule has 1 aromatic carbocycles. The molecule has 1 rings (SSSR count). The van der Waals surface area contributed by atoms with Gasteiger partial charge in [0.15, 0.2) is 0 Å². The van der Waals surface area contributed by atoms with Crippen LogP contribution in [0.3, 0.4) is 0 Å². The first-order valence-electron chi connectivity index (χ1n) is 7.40. The third kappa shape index (κ3) is 6.46. The van der Waals surface area contributed by atoms with Gasteiger partial charge >= 0.3 is 16.1 Å². The van der Waals surface area contributed by atoms with Gasteiger partial charge in [-0.1, -0.05) is 17.7 Å². The maximum atomic E-state index is 12.2. The monoisotopic (exact) mass is 376 g/mol. The van der Waals surface area contributed by atoms with Gasteiger partial charge in [0.25, 0.3) is 0 Å². The average Bonchev–Trinajstić information content (AvgIpc) is 2.53. The van der Waals surface area contributed by atoms with Crippen molar-refractivity contribution in [2.45, 2.75) is 37.1 Å². The minimum atomic E-state index is -4.25. The van der Waals surface area contributed by atoms with Gasteiger partial charge in [-0.15, -0.1) is 11.6 Å². The van der Waals surface area contributed by atoms with E-state index in [0.717, 1.165) is 5.56 Å². The van der Waals surface area contributed by atoms with Gasteiger partial charge in [0.1, 0.15) is 16.8 Å². The Bertz CT molecular complexity index is 661. The topological polar surface area (TPSA) is 116 Å². The van der Waals surface area contributed by atoms with Gasteiger partial charge in [0.2, 0.25) is 5.91 Å². The predicted octanol–water partition coefficient (Wildman–Crippen LogP) is 1.08. The summed E-state index contributed by atoms with van der Waals surface area (Å²) in [7, 11) is -4.25. The van der Waals surface area contributed by atoms with Crippen LogP contribution < -0.4 is 11.1 Å². The van der Waals surface area contributed by atoms with E-state index < -0.39 is 28.0 Å². The molecular weight excluding hydrogens is 356 g/mol. The fourth-order valence-corrected chi connectivity index (χ4v) is 2.87. The molecule has 0 aliphatic rings. The molecule has 0 heterocycles. The quantitative estimate of drug-likeness (QED) is 0.378. The summed E-state index contributed by atoms with van der Waals surface area (Å²) in [6, 6.07) is 4.78. The number of halogens is 1. The first kappa shape index (κ1) is 20.4. The number of nitrogens with one attached hydrogen (secondary N) is 1. The van der Waals surface area contributed by atoms with Crippen LogP contribution in [-0.4, -0.2) is 38.8 Å². The Labute approximate surface area is 146 Å². The first-order chi connectivity index (χ1) is 11.3. The molecule has 9 heteroatoms. The van der Waals surface area contributed by atoms with E-state index in [0.29, 0.717) is 19.4 Å². The second-order valence-electron chi connectivity index (χ2n) is 5.21. The van der Waals surface area contributed by atoms with Crippen molar-refractivity contribution in [3.8, 4) is 0 Å². The Morgan fingerprint density at radius 3 is 2.42 bits per heavy atom. The highest BCUT2D eigenvalue weighted by molar-refractivity contribution is 7.87. The van der Waals surface area contributed by atoms with Crippen molar-refractivity contribution in [2.24, 2.45) is 5.73 Å². The lowest BCUT2D eigenvalue weighted by Gasteiger charge is -2.16. The molecule has 1 atom stereocenters. The molecule has 1 unspecified atom stereocenters. The van der Waals surface area contributed by atoms with Gasteiger partial charge in [-0.25, -0.2) is 4.79 Å². The van der Waals surface area contributed by atoms with Crippen molar-refractivity contribution in [3.05, 3.63) is 29.8 Å². The normalized spacial score (nSPS) is 12.5. The smallest absolute Gasteiger partial charge is 0.342 e. The standard InChI is InChI=1S/C15H21ClN2O5S/c1-11-5-7-12(8-6-11)24(21,22)23-15(20)13(4-2-3-9-17)18-14(19)10-16/h5-8,13H,2-4,9-10,17H2,1H3,(H,18,19). The number of hydrogen-bond acceptors (Lipinski definition) is 6. The zero-order valence-electron chi connectivity index (χ0n) is 13.3. The molecule has 7 nitrogen and oxygen atoms in total.